The Morgan fingerprint density at radius 1 is 1.04 bits per heavy atom. The molecule has 1 aromatic carbocycles. The highest BCUT2D eigenvalue weighted by Crippen LogP contribution is 2.35. The third-order valence-corrected chi connectivity index (χ3v) is 4.83. The first kappa shape index (κ1) is 19.5. The number of rotatable bonds is 9. The number of carbonyl (C=O) groups is 1. The van der Waals surface area contributed by atoms with Gasteiger partial charge in [-0.1, -0.05) is 38.7 Å². The summed E-state index contributed by atoms with van der Waals surface area (Å²) in [6.45, 7) is 3.08. The van der Waals surface area contributed by atoms with Crippen LogP contribution in [0, 0.1) is 0 Å². The molecule has 4 nitrogen and oxygen atoms in total. The van der Waals surface area contributed by atoms with Gasteiger partial charge in [-0.05, 0) is 36.5 Å². The number of Topliss-reactive ketones (excluding diaryl/α,β-unsaturated/α-hetero) is 1. The summed E-state index contributed by atoms with van der Waals surface area (Å²) in [4.78, 5) is 16.9. The van der Waals surface area contributed by atoms with E-state index in [1.807, 2.05) is 18.2 Å². The largest absolute Gasteiger partial charge is 0.493 e. The van der Waals surface area contributed by atoms with E-state index in [0.29, 0.717) is 24.3 Å². The van der Waals surface area contributed by atoms with Crippen molar-refractivity contribution in [3.63, 3.8) is 0 Å². The molecule has 1 aromatic rings. The maximum atomic E-state index is 12.2. The Morgan fingerprint density at radius 2 is 1.80 bits per heavy atom. The first-order valence-corrected chi connectivity index (χ1v) is 9.43. The van der Waals surface area contributed by atoms with E-state index in [2.05, 4.69) is 6.92 Å². The second kappa shape index (κ2) is 10.2. The Bertz CT molecular complexity index is 595. The Hall–Kier alpha value is -1.84. The Balaban J connectivity index is 1.98. The summed E-state index contributed by atoms with van der Waals surface area (Å²) in [7, 11) is 3.27. The molecular formula is C21H31NO3. The van der Waals surface area contributed by atoms with Gasteiger partial charge in [-0.25, -0.2) is 0 Å². The molecule has 2 rings (SSSR count). The number of hydrogen-bond acceptors (Lipinski definition) is 4. The molecule has 0 spiro atoms. The van der Waals surface area contributed by atoms with Gasteiger partial charge in [0.05, 0.1) is 14.2 Å². The molecule has 1 atom stereocenters. The number of benzene rings is 1. The predicted octanol–water partition coefficient (Wildman–Crippen LogP) is 4.95. The minimum absolute atomic E-state index is 0.194. The molecule has 1 unspecified atom stereocenters. The highest BCUT2D eigenvalue weighted by Gasteiger charge is 2.26. The molecule has 0 aliphatic heterocycles. The first-order valence-electron chi connectivity index (χ1n) is 9.43. The maximum Gasteiger partial charge on any atom is 0.160 e. The van der Waals surface area contributed by atoms with Gasteiger partial charge in [0.25, 0.3) is 0 Å². The lowest BCUT2D eigenvalue weighted by Crippen LogP contribution is -2.22. The topological polar surface area (TPSA) is 47.9 Å². The van der Waals surface area contributed by atoms with Gasteiger partial charge < -0.3 is 9.47 Å². The molecule has 0 saturated heterocycles. The van der Waals surface area contributed by atoms with Crippen molar-refractivity contribution in [3.8, 4) is 11.5 Å². The van der Waals surface area contributed by atoms with E-state index >= 15 is 0 Å². The van der Waals surface area contributed by atoms with Gasteiger partial charge in [0, 0.05) is 25.1 Å². The number of methoxy groups -OCH3 is 2. The molecule has 0 bridgehead atoms. The quantitative estimate of drug-likeness (QED) is 0.595. The van der Waals surface area contributed by atoms with Gasteiger partial charge in [0.15, 0.2) is 11.5 Å². The Kier molecular flexibility index (Phi) is 7.96. The van der Waals surface area contributed by atoms with E-state index in [9.17, 15) is 4.79 Å². The number of unbranched alkanes of at least 4 members (excludes halogenated alkanes) is 4. The number of aliphatic imine (C=N–C) groups is 1. The highest BCUT2D eigenvalue weighted by molar-refractivity contribution is 6.05. The van der Waals surface area contributed by atoms with Crippen molar-refractivity contribution in [2.24, 2.45) is 4.99 Å². The fraction of sp³-hybridized carbons (Fsp3) is 0.619. The van der Waals surface area contributed by atoms with Gasteiger partial charge in [-0.2, -0.15) is 0 Å². The van der Waals surface area contributed by atoms with Crippen molar-refractivity contribution in [1.82, 2.24) is 0 Å². The summed E-state index contributed by atoms with van der Waals surface area (Å²) in [6, 6.07) is 5.94. The second-order valence-electron chi connectivity index (χ2n) is 6.80. The van der Waals surface area contributed by atoms with Crippen molar-refractivity contribution < 1.29 is 14.3 Å². The minimum atomic E-state index is 0.194. The standard InChI is InChI=1S/C21H31NO3/c1-4-5-6-7-8-11-22-18-12-17(13-19(23)15-18)16-9-10-20(24-2)21(14-16)25-3/h9-10,14,17H,4-8,11-13,15H2,1-3H3. The molecule has 1 aliphatic rings. The van der Waals surface area contributed by atoms with Crippen molar-refractivity contribution in [2.75, 3.05) is 20.8 Å². The van der Waals surface area contributed by atoms with E-state index in [4.69, 9.17) is 14.5 Å². The minimum Gasteiger partial charge on any atom is -0.493 e. The predicted molar refractivity (Wildman–Crippen MR) is 102 cm³/mol. The van der Waals surface area contributed by atoms with Crippen LogP contribution in [0.15, 0.2) is 23.2 Å². The molecule has 1 saturated carbocycles. The lowest BCUT2D eigenvalue weighted by Gasteiger charge is -2.24. The number of ether oxygens (including phenoxy) is 2. The van der Waals surface area contributed by atoms with Crippen LogP contribution in [0.3, 0.4) is 0 Å². The van der Waals surface area contributed by atoms with Crippen LogP contribution in [-0.4, -0.2) is 32.3 Å². The maximum absolute atomic E-state index is 12.2. The SMILES string of the molecule is CCCCCCCN=C1CC(=O)CC(c2ccc(OC)c(OC)c2)C1. The van der Waals surface area contributed by atoms with E-state index in [1.165, 1.54) is 25.7 Å². The summed E-state index contributed by atoms with van der Waals surface area (Å²) in [5.41, 5.74) is 2.19. The molecular weight excluding hydrogens is 314 g/mol. The third kappa shape index (κ3) is 5.87. The van der Waals surface area contributed by atoms with Crippen LogP contribution in [0.25, 0.3) is 0 Å². The fourth-order valence-corrected chi connectivity index (χ4v) is 3.42. The van der Waals surface area contributed by atoms with Crippen LogP contribution in [-0.2, 0) is 4.79 Å². The van der Waals surface area contributed by atoms with E-state index in [-0.39, 0.29) is 11.7 Å². The lowest BCUT2D eigenvalue weighted by molar-refractivity contribution is -0.118. The summed E-state index contributed by atoms with van der Waals surface area (Å²) in [5, 5.41) is 0. The van der Waals surface area contributed by atoms with Crippen molar-refractivity contribution in [2.45, 2.75) is 64.2 Å². The molecule has 138 valence electrons. The molecule has 0 radical (unpaired) electrons. The Labute approximate surface area is 151 Å². The van der Waals surface area contributed by atoms with E-state index < -0.39 is 0 Å². The lowest BCUT2D eigenvalue weighted by atomic mass is 9.82. The molecule has 0 amide bonds. The zero-order chi connectivity index (χ0) is 18.1. The van der Waals surface area contributed by atoms with Crippen LogP contribution in [0.1, 0.15) is 69.8 Å². The molecule has 1 aliphatic carbocycles. The second-order valence-corrected chi connectivity index (χ2v) is 6.80. The van der Waals surface area contributed by atoms with Crippen LogP contribution in [0.2, 0.25) is 0 Å². The van der Waals surface area contributed by atoms with Crippen LogP contribution >= 0.6 is 0 Å². The zero-order valence-corrected chi connectivity index (χ0v) is 15.8. The number of hydrogen-bond donors (Lipinski definition) is 0. The normalized spacial score (nSPS) is 19.2. The molecule has 0 heterocycles. The summed E-state index contributed by atoms with van der Waals surface area (Å²) >= 11 is 0. The summed E-state index contributed by atoms with van der Waals surface area (Å²) in [6.07, 6.45) is 8.19. The smallest absolute Gasteiger partial charge is 0.160 e. The molecule has 0 aromatic heterocycles. The molecule has 4 heteroatoms. The average Bonchev–Trinajstić information content (AvgIpc) is 2.63. The molecule has 0 N–H and O–H groups in total. The van der Waals surface area contributed by atoms with Gasteiger partial charge >= 0.3 is 0 Å². The summed E-state index contributed by atoms with van der Waals surface area (Å²) in [5.74, 6) is 1.91. The monoisotopic (exact) mass is 345 g/mol. The number of ketones is 1. The van der Waals surface area contributed by atoms with Crippen molar-refractivity contribution in [3.05, 3.63) is 23.8 Å². The number of nitrogens with zero attached hydrogens (tertiary/aromatic N) is 1. The molecule has 1 fully saturated rings. The van der Waals surface area contributed by atoms with Crippen LogP contribution in [0.5, 0.6) is 11.5 Å². The van der Waals surface area contributed by atoms with Crippen molar-refractivity contribution >= 4 is 11.5 Å². The van der Waals surface area contributed by atoms with Gasteiger partial charge in [-0.15, -0.1) is 0 Å². The van der Waals surface area contributed by atoms with Crippen molar-refractivity contribution in [1.29, 1.82) is 0 Å². The summed E-state index contributed by atoms with van der Waals surface area (Å²) < 4.78 is 10.7. The van der Waals surface area contributed by atoms with Gasteiger partial charge in [0.1, 0.15) is 5.78 Å². The van der Waals surface area contributed by atoms with E-state index in [0.717, 1.165) is 30.7 Å². The highest BCUT2D eigenvalue weighted by atomic mass is 16.5. The first-order chi connectivity index (χ1) is 12.2. The van der Waals surface area contributed by atoms with Crippen LogP contribution in [0.4, 0.5) is 0 Å². The third-order valence-electron chi connectivity index (χ3n) is 4.83. The van der Waals surface area contributed by atoms with E-state index in [1.54, 1.807) is 14.2 Å². The molecule has 25 heavy (non-hydrogen) atoms. The van der Waals surface area contributed by atoms with Gasteiger partial charge in [0.2, 0.25) is 0 Å². The van der Waals surface area contributed by atoms with Crippen LogP contribution < -0.4 is 9.47 Å². The zero-order valence-electron chi connectivity index (χ0n) is 15.8. The van der Waals surface area contributed by atoms with Gasteiger partial charge in [-0.3, -0.25) is 9.79 Å². The number of carbonyl (C=O) groups excluding carboxylic acids is 1. The fourth-order valence-electron chi connectivity index (χ4n) is 3.42. The average molecular weight is 345 g/mol. The Morgan fingerprint density at radius 3 is 2.52 bits per heavy atom.